The van der Waals surface area contributed by atoms with Crippen molar-refractivity contribution in [2.24, 2.45) is 5.92 Å². The van der Waals surface area contributed by atoms with Crippen molar-refractivity contribution in [3.05, 3.63) is 0 Å². The van der Waals surface area contributed by atoms with Crippen LogP contribution < -0.4 is 5.32 Å². The summed E-state index contributed by atoms with van der Waals surface area (Å²) < 4.78 is 0. The summed E-state index contributed by atoms with van der Waals surface area (Å²) >= 11 is 2.13. The summed E-state index contributed by atoms with van der Waals surface area (Å²) in [6, 6.07) is 1.65. The lowest BCUT2D eigenvalue weighted by Crippen LogP contribution is -2.40. The van der Waals surface area contributed by atoms with Crippen molar-refractivity contribution in [1.82, 2.24) is 5.32 Å². The molecule has 1 aliphatic carbocycles. The van der Waals surface area contributed by atoms with E-state index in [9.17, 15) is 0 Å². The molecule has 1 saturated heterocycles. The van der Waals surface area contributed by atoms with Gasteiger partial charge in [-0.25, -0.2) is 0 Å². The molecule has 2 fully saturated rings. The average molecular weight is 213 g/mol. The smallest absolute Gasteiger partial charge is 0.0171 e. The number of rotatable bonds is 2. The number of hydrogen-bond acceptors (Lipinski definition) is 2. The van der Waals surface area contributed by atoms with Gasteiger partial charge >= 0.3 is 0 Å². The molecule has 2 heteroatoms. The van der Waals surface area contributed by atoms with E-state index in [-0.39, 0.29) is 0 Å². The van der Waals surface area contributed by atoms with Gasteiger partial charge in [0.15, 0.2) is 0 Å². The molecule has 0 aromatic rings. The van der Waals surface area contributed by atoms with Gasteiger partial charge in [0.2, 0.25) is 0 Å². The summed E-state index contributed by atoms with van der Waals surface area (Å²) in [5.41, 5.74) is 0. The van der Waals surface area contributed by atoms with E-state index in [2.05, 4.69) is 30.9 Å². The largest absolute Gasteiger partial charge is 0.310 e. The molecule has 0 bridgehead atoms. The molecule has 0 spiro atoms. The molecule has 1 saturated carbocycles. The van der Waals surface area contributed by atoms with Crippen LogP contribution in [0.4, 0.5) is 0 Å². The quantitative estimate of drug-likeness (QED) is 0.756. The van der Waals surface area contributed by atoms with Gasteiger partial charge in [-0.15, -0.1) is 0 Å². The molecule has 0 radical (unpaired) electrons. The van der Waals surface area contributed by atoms with Crippen molar-refractivity contribution < 1.29 is 0 Å². The molecule has 1 heterocycles. The van der Waals surface area contributed by atoms with Gasteiger partial charge in [0.05, 0.1) is 0 Å². The molecule has 14 heavy (non-hydrogen) atoms. The van der Waals surface area contributed by atoms with Crippen LogP contribution in [-0.4, -0.2) is 23.1 Å². The van der Waals surface area contributed by atoms with Crippen molar-refractivity contribution in [3.63, 3.8) is 0 Å². The highest BCUT2D eigenvalue weighted by Crippen LogP contribution is 2.29. The molecule has 2 unspecified atom stereocenters. The van der Waals surface area contributed by atoms with Crippen molar-refractivity contribution >= 4 is 11.8 Å². The molecule has 2 aliphatic rings. The van der Waals surface area contributed by atoms with Crippen LogP contribution in [0.25, 0.3) is 0 Å². The SMILES string of the molecule is CC1CCC(NC2CSC(C)C2)CC1. The van der Waals surface area contributed by atoms with E-state index in [1.54, 1.807) is 0 Å². The van der Waals surface area contributed by atoms with Crippen LogP contribution in [0.3, 0.4) is 0 Å². The average Bonchev–Trinajstić information content (AvgIpc) is 2.56. The van der Waals surface area contributed by atoms with Crippen LogP contribution in [0, 0.1) is 5.92 Å². The Bertz CT molecular complexity index is 175. The number of thioether (sulfide) groups is 1. The maximum Gasteiger partial charge on any atom is 0.0171 e. The zero-order valence-electron chi connectivity index (χ0n) is 9.46. The zero-order valence-corrected chi connectivity index (χ0v) is 10.3. The first kappa shape index (κ1) is 10.8. The summed E-state index contributed by atoms with van der Waals surface area (Å²) in [6.07, 6.45) is 7.09. The fourth-order valence-corrected chi connectivity index (χ4v) is 3.85. The third-order valence-electron chi connectivity index (χ3n) is 3.69. The fourth-order valence-electron chi connectivity index (χ4n) is 2.69. The van der Waals surface area contributed by atoms with Gasteiger partial charge in [-0.2, -0.15) is 11.8 Å². The molecule has 0 aromatic carbocycles. The van der Waals surface area contributed by atoms with Crippen LogP contribution in [0.1, 0.15) is 46.0 Å². The fraction of sp³-hybridized carbons (Fsp3) is 1.00. The minimum atomic E-state index is 0.813. The van der Waals surface area contributed by atoms with Gasteiger partial charge in [0.1, 0.15) is 0 Å². The highest BCUT2D eigenvalue weighted by atomic mass is 32.2. The van der Waals surface area contributed by atoms with Gasteiger partial charge < -0.3 is 5.32 Å². The Kier molecular flexibility index (Phi) is 3.78. The summed E-state index contributed by atoms with van der Waals surface area (Å²) in [4.78, 5) is 0. The Hall–Kier alpha value is 0.310. The van der Waals surface area contributed by atoms with E-state index < -0.39 is 0 Å². The maximum atomic E-state index is 3.85. The first-order valence-corrected chi connectivity index (χ1v) is 7.16. The van der Waals surface area contributed by atoms with Crippen LogP contribution in [0.2, 0.25) is 0 Å². The van der Waals surface area contributed by atoms with Crippen molar-refractivity contribution in [1.29, 1.82) is 0 Å². The summed E-state index contributed by atoms with van der Waals surface area (Å²) in [7, 11) is 0. The normalized spacial score (nSPS) is 44.1. The Morgan fingerprint density at radius 1 is 1.00 bits per heavy atom. The summed E-state index contributed by atoms with van der Waals surface area (Å²) in [5, 5.41) is 4.73. The number of hydrogen-bond donors (Lipinski definition) is 1. The van der Waals surface area contributed by atoms with Crippen LogP contribution in [0.5, 0.6) is 0 Å². The topological polar surface area (TPSA) is 12.0 Å². The van der Waals surface area contributed by atoms with Crippen molar-refractivity contribution in [2.75, 3.05) is 5.75 Å². The predicted molar refractivity (Wildman–Crippen MR) is 64.9 cm³/mol. The highest BCUT2D eigenvalue weighted by molar-refractivity contribution is 8.00. The van der Waals surface area contributed by atoms with Crippen molar-refractivity contribution in [3.8, 4) is 0 Å². The first-order valence-electron chi connectivity index (χ1n) is 6.11. The third kappa shape index (κ3) is 2.90. The molecule has 82 valence electrons. The molecule has 2 rings (SSSR count). The Balaban J connectivity index is 1.70. The van der Waals surface area contributed by atoms with Gasteiger partial charge in [-0.1, -0.05) is 13.8 Å². The summed E-state index contributed by atoms with van der Waals surface area (Å²) in [5.74, 6) is 2.32. The van der Waals surface area contributed by atoms with E-state index in [1.807, 2.05) is 0 Å². The second-order valence-electron chi connectivity index (χ2n) is 5.20. The van der Waals surface area contributed by atoms with Crippen LogP contribution in [-0.2, 0) is 0 Å². The molecule has 1 N–H and O–H groups in total. The lowest BCUT2D eigenvalue weighted by Gasteiger charge is -2.29. The Labute approximate surface area is 92.4 Å². The van der Waals surface area contributed by atoms with E-state index in [0.29, 0.717) is 0 Å². The van der Waals surface area contributed by atoms with E-state index in [4.69, 9.17) is 0 Å². The Morgan fingerprint density at radius 3 is 2.29 bits per heavy atom. The van der Waals surface area contributed by atoms with Crippen LogP contribution in [0.15, 0.2) is 0 Å². The van der Waals surface area contributed by atoms with Crippen molar-refractivity contribution in [2.45, 2.75) is 63.3 Å². The lowest BCUT2D eigenvalue weighted by molar-refractivity contribution is 0.290. The van der Waals surface area contributed by atoms with E-state index >= 15 is 0 Å². The number of nitrogens with one attached hydrogen (secondary N) is 1. The highest BCUT2D eigenvalue weighted by Gasteiger charge is 2.25. The minimum Gasteiger partial charge on any atom is -0.310 e. The van der Waals surface area contributed by atoms with Gasteiger partial charge in [-0.3, -0.25) is 0 Å². The van der Waals surface area contributed by atoms with E-state index in [0.717, 1.165) is 23.3 Å². The molecular weight excluding hydrogens is 190 g/mol. The monoisotopic (exact) mass is 213 g/mol. The van der Waals surface area contributed by atoms with Crippen LogP contribution >= 0.6 is 11.8 Å². The predicted octanol–water partition coefficient (Wildman–Crippen LogP) is 3.05. The third-order valence-corrected chi connectivity index (χ3v) is 5.04. The van der Waals surface area contributed by atoms with Gasteiger partial charge in [0, 0.05) is 23.1 Å². The molecule has 1 nitrogen and oxygen atoms in total. The van der Waals surface area contributed by atoms with E-state index in [1.165, 1.54) is 37.9 Å². The Morgan fingerprint density at radius 2 is 1.71 bits per heavy atom. The molecule has 0 aromatic heterocycles. The summed E-state index contributed by atoms with van der Waals surface area (Å²) in [6.45, 7) is 4.75. The first-order chi connectivity index (χ1) is 6.74. The standard InChI is InChI=1S/C12H23NS/c1-9-3-5-11(6-4-9)13-12-7-10(2)14-8-12/h9-13H,3-8H2,1-2H3. The second kappa shape index (κ2) is 4.89. The molecule has 2 atom stereocenters. The lowest BCUT2D eigenvalue weighted by atomic mass is 9.87. The minimum absolute atomic E-state index is 0.813. The maximum absolute atomic E-state index is 3.85. The molecular formula is C12H23NS. The van der Waals surface area contributed by atoms with Gasteiger partial charge in [0.25, 0.3) is 0 Å². The molecule has 1 aliphatic heterocycles. The van der Waals surface area contributed by atoms with Gasteiger partial charge in [-0.05, 0) is 38.0 Å². The molecule has 0 amide bonds. The zero-order chi connectivity index (χ0) is 9.97. The second-order valence-corrected chi connectivity index (χ2v) is 6.67.